The SMILES string of the molecule is C[C@@H](C#N)CN1N=C(N)CC1=O. The molecule has 1 aliphatic rings. The zero-order chi connectivity index (χ0) is 9.14. The first kappa shape index (κ1) is 8.53. The third-order valence-electron chi connectivity index (χ3n) is 1.54. The molecule has 5 heteroatoms. The van der Waals surface area contributed by atoms with Gasteiger partial charge in [0, 0.05) is 0 Å². The summed E-state index contributed by atoms with van der Waals surface area (Å²) in [5.41, 5.74) is 5.34. The average molecular weight is 166 g/mol. The number of carbonyl (C=O) groups excluding carboxylic acids is 1. The first-order chi connectivity index (χ1) is 5.63. The molecule has 0 fully saturated rings. The van der Waals surface area contributed by atoms with Crippen molar-refractivity contribution in [2.45, 2.75) is 13.3 Å². The molecule has 2 N–H and O–H groups in total. The Morgan fingerprint density at radius 1 is 1.92 bits per heavy atom. The van der Waals surface area contributed by atoms with Crippen LogP contribution in [0.15, 0.2) is 5.10 Å². The van der Waals surface area contributed by atoms with Crippen LogP contribution in [-0.2, 0) is 4.79 Å². The molecule has 1 amide bonds. The van der Waals surface area contributed by atoms with Crippen LogP contribution >= 0.6 is 0 Å². The molecule has 1 heterocycles. The number of nitrogens with two attached hydrogens (primary N) is 1. The Bertz CT molecular complexity index is 265. The lowest BCUT2D eigenvalue weighted by molar-refractivity contribution is -0.128. The lowest BCUT2D eigenvalue weighted by Gasteiger charge is -2.11. The standard InChI is InChI=1S/C7H10N4O/c1-5(3-8)4-11-7(12)2-6(9)10-11/h5H,2,4H2,1H3,(H2,9,10)/t5-/m0/s1. The van der Waals surface area contributed by atoms with E-state index in [-0.39, 0.29) is 18.2 Å². The highest BCUT2D eigenvalue weighted by atomic mass is 16.2. The van der Waals surface area contributed by atoms with E-state index in [0.717, 1.165) is 0 Å². The molecule has 0 aromatic rings. The van der Waals surface area contributed by atoms with Crippen molar-refractivity contribution < 1.29 is 4.79 Å². The number of amidine groups is 1. The van der Waals surface area contributed by atoms with E-state index in [1.54, 1.807) is 6.92 Å². The highest BCUT2D eigenvalue weighted by Crippen LogP contribution is 2.07. The van der Waals surface area contributed by atoms with E-state index in [1.807, 2.05) is 6.07 Å². The van der Waals surface area contributed by atoms with Crippen molar-refractivity contribution in [1.29, 1.82) is 5.26 Å². The second kappa shape index (κ2) is 3.22. The van der Waals surface area contributed by atoms with Crippen molar-refractivity contribution in [2.75, 3.05) is 6.54 Å². The van der Waals surface area contributed by atoms with Gasteiger partial charge in [0.15, 0.2) is 0 Å². The van der Waals surface area contributed by atoms with Gasteiger partial charge in [-0.1, -0.05) is 0 Å². The molecule has 0 aromatic carbocycles. The van der Waals surface area contributed by atoms with Gasteiger partial charge in [-0.3, -0.25) is 4.79 Å². The quantitative estimate of drug-likeness (QED) is 0.608. The van der Waals surface area contributed by atoms with Crippen LogP contribution in [0.3, 0.4) is 0 Å². The minimum atomic E-state index is -0.205. The number of nitriles is 1. The van der Waals surface area contributed by atoms with Gasteiger partial charge in [-0.2, -0.15) is 10.4 Å². The van der Waals surface area contributed by atoms with Gasteiger partial charge >= 0.3 is 0 Å². The summed E-state index contributed by atoms with van der Waals surface area (Å²) in [7, 11) is 0. The number of rotatable bonds is 2. The van der Waals surface area contributed by atoms with Gasteiger partial charge in [-0.25, -0.2) is 5.01 Å². The van der Waals surface area contributed by atoms with Crippen LogP contribution in [-0.4, -0.2) is 23.3 Å². The fourth-order valence-electron chi connectivity index (χ4n) is 0.935. The molecule has 0 unspecified atom stereocenters. The highest BCUT2D eigenvalue weighted by molar-refractivity contribution is 6.02. The fraction of sp³-hybridized carbons (Fsp3) is 0.571. The maximum absolute atomic E-state index is 11.1. The van der Waals surface area contributed by atoms with Gasteiger partial charge in [0.2, 0.25) is 5.91 Å². The lowest BCUT2D eigenvalue weighted by atomic mass is 10.2. The number of hydrogen-bond acceptors (Lipinski definition) is 4. The predicted octanol–water partition coefficient (Wildman–Crippen LogP) is -0.349. The molecule has 1 rings (SSSR count). The minimum absolute atomic E-state index is 0.130. The van der Waals surface area contributed by atoms with Crippen LogP contribution in [0, 0.1) is 17.2 Å². The van der Waals surface area contributed by atoms with Gasteiger partial charge in [0.05, 0.1) is 25.0 Å². The van der Waals surface area contributed by atoms with Gasteiger partial charge in [0.1, 0.15) is 5.84 Å². The van der Waals surface area contributed by atoms with E-state index < -0.39 is 0 Å². The van der Waals surface area contributed by atoms with E-state index in [1.165, 1.54) is 5.01 Å². The number of hydrazone groups is 1. The zero-order valence-corrected chi connectivity index (χ0v) is 6.82. The molecule has 1 atom stereocenters. The molecular formula is C7H10N4O. The Balaban J connectivity index is 2.54. The molecule has 0 spiro atoms. The largest absolute Gasteiger partial charge is 0.385 e. The summed E-state index contributed by atoms with van der Waals surface area (Å²) in [6, 6.07) is 2.02. The minimum Gasteiger partial charge on any atom is -0.385 e. The van der Waals surface area contributed by atoms with Crippen LogP contribution in [0.25, 0.3) is 0 Å². The van der Waals surface area contributed by atoms with Crippen LogP contribution in [0.5, 0.6) is 0 Å². The molecule has 5 nitrogen and oxygen atoms in total. The van der Waals surface area contributed by atoms with Crippen molar-refractivity contribution in [3.8, 4) is 6.07 Å². The molecule has 12 heavy (non-hydrogen) atoms. The first-order valence-corrected chi connectivity index (χ1v) is 3.66. The second-order valence-electron chi connectivity index (χ2n) is 2.77. The maximum atomic E-state index is 11.1. The third kappa shape index (κ3) is 1.72. The highest BCUT2D eigenvalue weighted by Gasteiger charge is 2.22. The van der Waals surface area contributed by atoms with E-state index >= 15 is 0 Å². The summed E-state index contributed by atoms with van der Waals surface area (Å²) >= 11 is 0. The summed E-state index contributed by atoms with van der Waals surface area (Å²) < 4.78 is 0. The van der Waals surface area contributed by atoms with Crippen molar-refractivity contribution in [1.82, 2.24) is 5.01 Å². The van der Waals surface area contributed by atoms with Gasteiger partial charge in [0.25, 0.3) is 0 Å². The summed E-state index contributed by atoms with van der Waals surface area (Å²) in [6.45, 7) is 2.06. The molecule has 0 saturated carbocycles. The van der Waals surface area contributed by atoms with Gasteiger partial charge in [-0.15, -0.1) is 0 Å². The van der Waals surface area contributed by atoms with Crippen molar-refractivity contribution >= 4 is 11.7 Å². The molecular weight excluding hydrogens is 156 g/mol. The van der Waals surface area contributed by atoms with E-state index in [2.05, 4.69) is 5.10 Å². The number of carbonyl (C=O) groups is 1. The summed E-state index contributed by atoms with van der Waals surface area (Å²) in [5.74, 6) is -0.0108. The summed E-state index contributed by atoms with van der Waals surface area (Å²) in [5, 5.41) is 13.5. The molecule has 0 radical (unpaired) electrons. The van der Waals surface area contributed by atoms with Gasteiger partial charge < -0.3 is 5.73 Å². The Labute approximate surface area is 70.4 Å². The molecule has 0 bridgehead atoms. The first-order valence-electron chi connectivity index (χ1n) is 3.66. The molecule has 0 saturated heterocycles. The van der Waals surface area contributed by atoms with Gasteiger partial charge in [-0.05, 0) is 6.92 Å². The van der Waals surface area contributed by atoms with Crippen molar-refractivity contribution in [3.63, 3.8) is 0 Å². The van der Waals surface area contributed by atoms with Crippen molar-refractivity contribution in [2.24, 2.45) is 16.8 Å². The monoisotopic (exact) mass is 166 g/mol. The number of hydrogen-bond donors (Lipinski definition) is 1. The third-order valence-corrected chi connectivity index (χ3v) is 1.54. The Kier molecular flexibility index (Phi) is 2.29. The van der Waals surface area contributed by atoms with E-state index in [4.69, 9.17) is 11.0 Å². The Morgan fingerprint density at radius 3 is 3.00 bits per heavy atom. The average Bonchev–Trinajstić information content (AvgIpc) is 2.30. The van der Waals surface area contributed by atoms with Crippen LogP contribution in [0.1, 0.15) is 13.3 Å². The smallest absolute Gasteiger partial charge is 0.250 e. The predicted molar refractivity (Wildman–Crippen MR) is 42.7 cm³/mol. The van der Waals surface area contributed by atoms with Crippen LogP contribution in [0.4, 0.5) is 0 Å². The zero-order valence-electron chi connectivity index (χ0n) is 6.82. The second-order valence-corrected chi connectivity index (χ2v) is 2.77. The summed E-state index contributed by atoms with van der Waals surface area (Å²) in [6.07, 6.45) is 0.179. The molecule has 0 aromatic heterocycles. The molecule has 1 aliphatic heterocycles. The Hall–Kier alpha value is -1.57. The van der Waals surface area contributed by atoms with E-state index in [9.17, 15) is 4.79 Å². The van der Waals surface area contributed by atoms with Crippen molar-refractivity contribution in [3.05, 3.63) is 0 Å². The molecule has 64 valence electrons. The number of amides is 1. The fourth-order valence-corrected chi connectivity index (χ4v) is 0.935. The molecule has 0 aliphatic carbocycles. The number of nitrogens with zero attached hydrogens (tertiary/aromatic N) is 3. The lowest BCUT2D eigenvalue weighted by Crippen LogP contribution is -2.25. The Morgan fingerprint density at radius 2 is 2.58 bits per heavy atom. The van der Waals surface area contributed by atoms with E-state index in [0.29, 0.717) is 12.4 Å². The topological polar surface area (TPSA) is 82.5 Å². The van der Waals surface area contributed by atoms with Crippen LogP contribution in [0.2, 0.25) is 0 Å². The summed E-state index contributed by atoms with van der Waals surface area (Å²) in [4.78, 5) is 11.1. The van der Waals surface area contributed by atoms with Crippen LogP contribution < -0.4 is 5.73 Å². The normalized spacial score (nSPS) is 18.8. The maximum Gasteiger partial charge on any atom is 0.250 e.